The SMILES string of the molecule is Cc1cc(F)c(S(=O)(=O)N(C)CCN(C)C)cc1N. The molecule has 0 fully saturated rings. The molecule has 7 heteroatoms. The monoisotopic (exact) mass is 289 g/mol. The molecule has 1 aromatic carbocycles. The maximum absolute atomic E-state index is 13.8. The standard InChI is InChI=1S/C12H20FN3O2S/c1-9-7-10(13)12(8-11(9)14)19(17,18)16(4)6-5-15(2)3/h7-8H,5-6,14H2,1-4H3. The average molecular weight is 289 g/mol. The third kappa shape index (κ3) is 3.65. The van der Waals surface area contributed by atoms with Gasteiger partial charge >= 0.3 is 0 Å². The summed E-state index contributed by atoms with van der Waals surface area (Å²) in [5.74, 6) is -0.775. The van der Waals surface area contributed by atoms with Crippen LogP contribution in [0.5, 0.6) is 0 Å². The number of halogens is 1. The Morgan fingerprint density at radius 3 is 2.32 bits per heavy atom. The van der Waals surface area contributed by atoms with Crippen LogP contribution in [0.3, 0.4) is 0 Å². The van der Waals surface area contributed by atoms with Crippen molar-refractivity contribution in [3.8, 4) is 0 Å². The van der Waals surface area contributed by atoms with Gasteiger partial charge in [-0.05, 0) is 38.7 Å². The lowest BCUT2D eigenvalue weighted by Gasteiger charge is -2.20. The number of likely N-dealkylation sites (N-methyl/N-ethyl adjacent to an activating group) is 2. The third-order valence-corrected chi connectivity index (χ3v) is 4.74. The second-order valence-corrected chi connectivity index (χ2v) is 6.78. The lowest BCUT2D eigenvalue weighted by atomic mass is 10.2. The van der Waals surface area contributed by atoms with Crippen LogP contribution in [0.2, 0.25) is 0 Å². The minimum absolute atomic E-state index is 0.265. The molecule has 0 radical (unpaired) electrons. The van der Waals surface area contributed by atoms with Crippen LogP contribution in [0.25, 0.3) is 0 Å². The van der Waals surface area contributed by atoms with E-state index in [-0.39, 0.29) is 17.1 Å². The number of sulfonamides is 1. The van der Waals surface area contributed by atoms with E-state index in [0.717, 1.165) is 10.4 Å². The van der Waals surface area contributed by atoms with Crippen molar-refractivity contribution in [1.29, 1.82) is 0 Å². The molecule has 2 N–H and O–H groups in total. The van der Waals surface area contributed by atoms with Gasteiger partial charge in [0, 0.05) is 25.8 Å². The smallest absolute Gasteiger partial charge is 0.245 e. The normalized spacial score (nSPS) is 12.4. The first-order chi connectivity index (χ1) is 8.66. The molecule has 0 spiro atoms. The molecule has 0 aliphatic carbocycles. The average Bonchev–Trinajstić information content (AvgIpc) is 2.30. The molecule has 0 saturated heterocycles. The second-order valence-electron chi connectivity index (χ2n) is 4.77. The summed E-state index contributed by atoms with van der Waals surface area (Å²) in [7, 11) is 1.25. The van der Waals surface area contributed by atoms with Gasteiger partial charge in [-0.1, -0.05) is 0 Å². The molecule has 0 heterocycles. The summed E-state index contributed by atoms with van der Waals surface area (Å²) in [5, 5.41) is 0. The number of nitrogen functional groups attached to an aromatic ring is 1. The van der Waals surface area contributed by atoms with Crippen LogP contribution in [0.1, 0.15) is 5.56 Å². The molecule has 0 saturated carbocycles. The minimum atomic E-state index is -3.85. The van der Waals surface area contributed by atoms with Gasteiger partial charge in [-0.15, -0.1) is 0 Å². The zero-order chi connectivity index (χ0) is 14.8. The summed E-state index contributed by atoms with van der Waals surface area (Å²) in [6, 6.07) is 2.31. The van der Waals surface area contributed by atoms with Gasteiger partial charge in [0.2, 0.25) is 10.0 Å². The van der Waals surface area contributed by atoms with Gasteiger partial charge in [0.1, 0.15) is 10.7 Å². The van der Waals surface area contributed by atoms with Crippen molar-refractivity contribution in [2.75, 3.05) is 40.0 Å². The maximum Gasteiger partial charge on any atom is 0.245 e. The number of aryl methyl sites for hydroxylation is 1. The Morgan fingerprint density at radius 1 is 1.21 bits per heavy atom. The van der Waals surface area contributed by atoms with Crippen molar-refractivity contribution in [1.82, 2.24) is 9.21 Å². The topological polar surface area (TPSA) is 66.6 Å². The highest BCUT2D eigenvalue weighted by Crippen LogP contribution is 2.23. The van der Waals surface area contributed by atoms with E-state index >= 15 is 0 Å². The van der Waals surface area contributed by atoms with Gasteiger partial charge in [-0.3, -0.25) is 0 Å². The van der Waals surface area contributed by atoms with Gasteiger partial charge < -0.3 is 10.6 Å². The fourth-order valence-corrected chi connectivity index (χ4v) is 2.73. The second kappa shape index (κ2) is 5.85. The Balaban J connectivity index is 3.10. The zero-order valence-electron chi connectivity index (χ0n) is 11.6. The van der Waals surface area contributed by atoms with E-state index in [2.05, 4.69) is 0 Å². The third-order valence-electron chi connectivity index (χ3n) is 2.87. The summed E-state index contributed by atoms with van der Waals surface area (Å²) in [5.41, 5.74) is 6.44. The molecular formula is C12H20FN3O2S. The van der Waals surface area contributed by atoms with Gasteiger partial charge in [-0.2, -0.15) is 4.31 Å². The van der Waals surface area contributed by atoms with Crippen LogP contribution >= 0.6 is 0 Å². The first-order valence-corrected chi connectivity index (χ1v) is 7.27. The van der Waals surface area contributed by atoms with E-state index in [1.165, 1.54) is 13.1 Å². The molecule has 108 valence electrons. The summed E-state index contributed by atoms with van der Waals surface area (Å²) < 4.78 is 39.4. The number of hydrogen-bond donors (Lipinski definition) is 1. The van der Waals surface area contributed by atoms with E-state index in [9.17, 15) is 12.8 Å². The highest BCUT2D eigenvalue weighted by atomic mass is 32.2. The van der Waals surface area contributed by atoms with Crippen LogP contribution in [-0.2, 0) is 10.0 Å². The molecule has 5 nitrogen and oxygen atoms in total. The first kappa shape index (κ1) is 15.9. The number of benzene rings is 1. The van der Waals surface area contributed by atoms with Crippen LogP contribution in [-0.4, -0.2) is 51.9 Å². The summed E-state index contributed by atoms with van der Waals surface area (Å²) in [6.07, 6.45) is 0. The Morgan fingerprint density at radius 2 is 1.79 bits per heavy atom. The van der Waals surface area contributed by atoms with Gasteiger partial charge in [0.05, 0.1) is 0 Å². The first-order valence-electron chi connectivity index (χ1n) is 5.83. The number of rotatable bonds is 5. The molecule has 1 aromatic rings. The lowest BCUT2D eigenvalue weighted by molar-refractivity contribution is 0.357. The van der Waals surface area contributed by atoms with E-state index < -0.39 is 15.8 Å². The van der Waals surface area contributed by atoms with E-state index in [1.807, 2.05) is 19.0 Å². The molecule has 0 aromatic heterocycles. The van der Waals surface area contributed by atoms with Crippen LogP contribution in [0.4, 0.5) is 10.1 Å². The van der Waals surface area contributed by atoms with Crippen LogP contribution < -0.4 is 5.73 Å². The van der Waals surface area contributed by atoms with E-state index in [4.69, 9.17) is 5.73 Å². The van der Waals surface area contributed by atoms with Crippen molar-refractivity contribution in [2.24, 2.45) is 0 Å². The largest absolute Gasteiger partial charge is 0.398 e. The van der Waals surface area contributed by atoms with Crippen molar-refractivity contribution in [3.63, 3.8) is 0 Å². The fraction of sp³-hybridized carbons (Fsp3) is 0.500. The van der Waals surface area contributed by atoms with Crippen molar-refractivity contribution in [2.45, 2.75) is 11.8 Å². The molecular weight excluding hydrogens is 269 g/mol. The predicted octanol–water partition coefficient (Wildman–Crippen LogP) is 0.898. The highest BCUT2D eigenvalue weighted by Gasteiger charge is 2.25. The van der Waals surface area contributed by atoms with Crippen molar-refractivity contribution in [3.05, 3.63) is 23.5 Å². The van der Waals surface area contributed by atoms with Crippen molar-refractivity contribution >= 4 is 15.7 Å². The molecule has 0 unspecified atom stereocenters. The molecule has 0 amide bonds. The number of nitrogens with zero attached hydrogens (tertiary/aromatic N) is 2. The fourth-order valence-electron chi connectivity index (χ4n) is 1.50. The summed E-state index contributed by atoms with van der Waals surface area (Å²) in [6.45, 7) is 2.46. The quantitative estimate of drug-likeness (QED) is 0.818. The minimum Gasteiger partial charge on any atom is -0.398 e. The molecule has 1 rings (SSSR count). The van der Waals surface area contributed by atoms with Gasteiger partial charge in [0.15, 0.2) is 0 Å². The molecule has 0 aliphatic heterocycles. The Bertz CT molecular complexity index is 558. The zero-order valence-corrected chi connectivity index (χ0v) is 12.5. The lowest BCUT2D eigenvalue weighted by Crippen LogP contribution is -2.34. The van der Waals surface area contributed by atoms with Gasteiger partial charge in [-0.25, -0.2) is 12.8 Å². The molecule has 19 heavy (non-hydrogen) atoms. The van der Waals surface area contributed by atoms with Gasteiger partial charge in [0.25, 0.3) is 0 Å². The number of nitrogens with two attached hydrogens (primary N) is 1. The van der Waals surface area contributed by atoms with E-state index in [0.29, 0.717) is 12.1 Å². The number of anilines is 1. The highest BCUT2D eigenvalue weighted by molar-refractivity contribution is 7.89. The summed E-state index contributed by atoms with van der Waals surface area (Å²) >= 11 is 0. The van der Waals surface area contributed by atoms with Crippen LogP contribution in [0, 0.1) is 12.7 Å². The Hall–Kier alpha value is -1.18. The summed E-state index contributed by atoms with van der Waals surface area (Å²) in [4.78, 5) is 1.48. The van der Waals surface area contributed by atoms with Crippen molar-refractivity contribution < 1.29 is 12.8 Å². The Labute approximate surface area is 113 Å². The van der Waals surface area contributed by atoms with E-state index in [1.54, 1.807) is 6.92 Å². The molecule has 0 atom stereocenters. The van der Waals surface area contributed by atoms with Crippen LogP contribution in [0.15, 0.2) is 17.0 Å². The maximum atomic E-state index is 13.8. The molecule has 0 bridgehead atoms. The molecule has 0 aliphatic rings. The predicted molar refractivity (Wildman–Crippen MR) is 73.9 cm³/mol. The number of hydrogen-bond acceptors (Lipinski definition) is 4. The Kier molecular flexibility index (Phi) is 4.89.